The highest BCUT2D eigenvalue weighted by Crippen LogP contribution is 2.45. The first-order chi connectivity index (χ1) is 19.2. The molecule has 0 aromatic carbocycles. The maximum atomic E-state index is 13.2. The molecule has 0 radical (unpaired) electrons. The minimum Gasteiger partial charge on any atom is -0.462 e. The van der Waals surface area contributed by atoms with Crippen LogP contribution in [0, 0.1) is 23.7 Å². The number of nitrogens with zero attached hydrogens (tertiary/aromatic N) is 1. The fourth-order valence-electron chi connectivity index (χ4n) is 6.50. The van der Waals surface area contributed by atoms with E-state index in [9.17, 15) is 24.6 Å². The highest BCUT2D eigenvalue weighted by molar-refractivity contribution is 5.91. The van der Waals surface area contributed by atoms with Gasteiger partial charge >= 0.3 is 5.97 Å². The summed E-state index contributed by atoms with van der Waals surface area (Å²) >= 11 is 0. The van der Waals surface area contributed by atoms with Crippen molar-refractivity contribution >= 4 is 18.0 Å². The number of hydrogen-bond donors (Lipinski definition) is 2. The van der Waals surface area contributed by atoms with Crippen LogP contribution in [0.25, 0.3) is 0 Å². The number of aldehydes is 1. The molecule has 2 saturated heterocycles. The predicted octanol–water partition coefficient (Wildman–Crippen LogP) is 2.67. The van der Waals surface area contributed by atoms with Crippen LogP contribution < -0.4 is 0 Å². The summed E-state index contributed by atoms with van der Waals surface area (Å²) in [6.45, 7) is 11.3. The van der Waals surface area contributed by atoms with Crippen LogP contribution in [0.1, 0.15) is 73.6 Å². The number of esters is 1. The fraction of sp³-hybridized carbons (Fsp3) is 0.839. The van der Waals surface area contributed by atoms with Crippen LogP contribution in [0.2, 0.25) is 0 Å². The third-order valence-corrected chi connectivity index (χ3v) is 9.29. The molecule has 10 heteroatoms. The Hall–Kier alpha value is -1.69. The van der Waals surface area contributed by atoms with Gasteiger partial charge in [-0.05, 0) is 65.3 Å². The van der Waals surface area contributed by atoms with Crippen LogP contribution in [0.4, 0.5) is 0 Å². The van der Waals surface area contributed by atoms with E-state index in [0.717, 1.165) is 6.29 Å². The summed E-state index contributed by atoms with van der Waals surface area (Å²) in [5, 5.41) is 22.4. The molecule has 2 fully saturated rings. The van der Waals surface area contributed by atoms with E-state index in [1.54, 1.807) is 19.1 Å². The van der Waals surface area contributed by atoms with Gasteiger partial charge in [-0.3, -0.25) is 9.59 Å². The lowest BCUT2D eigenvalue weighted by molar-refractivity contribution is -0.283. The highest BCUT2D eigenvalue weighted by atomic mass is 16.7. The van der Waals surface area contributed by atoms with Gasteiger partial charge in [0.2, 0.25) is 0 Å². The van der Waals surface area contributed by atoms with Crippen molar-refractivity contribution in [3.8, 4) is 0 Å². The van der Waals surface area contributed by atoms with E-state index in [-0.39, 0.29) is 42.8 Å². The SMILES string of the molecule is CC[C@@H]1OC(=O)C[C@@H](O)[C@H](C)[C@@H](O[C@@H]2O[C@H](C)C[C@H](N(C)C)[C@@H]2O)[C@@H](CC=O)C[C@@H](C)C(=O)/C=C/[C@]2(C)O[C@@H]2[C@H]1C. The van der Waals surface area contributed by atoms with E-state index in [1.807, 2.05) is 53.6 Å². The van der Waals surface area contributed by atoms with Gasteiger partial charge in [-0.25, -0.2) is 0 Å². The second-order valence-electron chi connectivity index (χ2n) is 12.9. The fourth-order valence-corrected chi connectivity index (χ4v) is 6.50. The largest absolute Gasteiger partial charge is 0.462 e. The lowest BCUT2D eigenvalue weighted by Crippen LogP contribution is -2.56. The number of hydrogen-bond acceptors (Lipinski definition) is 10. The first-order valence-corrected chi connectivity index (χ1v) is 15.1. The number of likely N-dealkylation sites (N-methyl/N-ethyl adjacent to an activating group) is 1. The van der Waals surface area contributed by atoms with Gasteiger partial charge in [-0.1, -0.05) is 27.7 Å². The molecular formula is C31H51NO9. The van der Waals surface area contributed by atoms with E-state index >= 15 is 0 Å². The zero-order chi connectivity index (χ0) is 30.6. The third kappa shape index (κ3) is 8.24. The van der Waals surface area contributed by atoms with Crippen molar-refractivity contribution in [2.24, 2.45) is 23.7 Å². The molecule has 2 N–H and O–H groups in total. The number of rotatable bonds is 6. The first kappa shape index (κ1) is 33.8. The van der Waals surface area contributed by atoms with Gasteiger partial charge < -0.3 is 38.9 Å². The minimum atomic E-state index is -1.15. The molecule has 0 aromatic rings. The molecule has 234 valence electrons. The maximum absolute atomic E-state index is 13.2. The summed E-state index contributed by atoms with van der Waals surface area (Å²) in [6, 6.07) is -0.219. The van der Waals surface area contributed by atoms with Gasteiger partial charge in [-0.15, -0.1) is 0 Å². The molecule has 13 atom stereocenters. The molecule has 10 nitrogen and oxygen atoms in total. The number of epoxide rings is 1. The zero-order valence-electron chi connectivity index (χ0n) is 25.9. The summed E-state index contributed by atoms with van der Waals surface area (Å²) in [5.74, 6) is -2.32. The smallest absolute Gasteiger partial charge is 0.308 e. The van der Waals surface area contributed by atoms with Gasteiger partial charge in [0.1, 0.15) is 24.1 Å². The standard InChI is InChI=1S/C31H51NO9/c1-9-25-20(5)29-31(6,41-29)12-10-23(34)17(2)14-21(11-13-33)28(19(4)24(35)16-26(36)39-25)40-30-27(37)22(32(7)8)15-18(3)38-30/h10,12-13,17-22,24-25,27-30,35,37H,9,11,14-16H2,1-8H3/b12-10+/t17-,18-,19+,20+,21+,22+,24-,25+,27+,28-,29-,30+,31+/m1/s1. The van der Waals surface area contributed by atoms with E-state index in [1.165, 1.54) is 0 Å². The Morgan fingerprint density at radius 1 is 1.12 bits per heavy atom. The molecule has 0 aromatic heterocycles. The quantitative estimate of drug-likeness (QED) is 0.274. The third-order valence-electron chi connectivity index (χ3n) is 9.29. The number of aliphatic hydroxyl groups excluding tert-OH is 2. The number of fused-ring (bicyclic) bond motifs is 1. The molecule has 3 aliphatic rings. The Labute approximate surface area is 244 Å². The normalized spacial score (nSPS) is 45.5. The Kier molecular flexibility index (Phi) is 11.7. The molecule has 0 spiro atoms. The summed E-state index contributed by atoms with van der Waals surface area (Å²) in [7, 11) is 3.76. The van der Waals surface area contributed by atoms with Crippen molar-refractivity contribution in [1.29, 1.82) is 0 Å². The summed E-state index contributed by atoms with van der Waals surface area (Å²) in [5.41, 5.74) is -0.637. The van der Waals surface area contributed by atoms with Crippen LogP contribution in [0.15, 0.2) is 12.2 Å². The second-order valence-corrected chi connectivity index (χ2v) is 12.9. The van der Waals surface area contributed by atoms with Crippen molar-refractivity contribution < 1.29 is 43.5 Å². The van der Waals surface area contributed by atoms with Gasteiger partial charge in [0.15, 0.2) is 12.1 Å². The highest BCUT2D eigenvalue weighted by Gasteiger charge is 2.55. The predicted molar refractivity (Wildman–Crippen MR) is 152 cm³/mol. The van der Waals surface area contributed by atoms with Crippen LogP contribution >= 0.6 is 0 Å². The Balaban J connectivity index is 1.95. The van der Waals surface area contributed by atoms with Crippen molar-refractivity contribution in [3.63, 3.8) is 0 Å². The molecule has 3 aliphatic heterocycles. The molecule has 3 heterocycles. The van der Waals surface area contributed by atoms with E-state index in [2.05, 4.69) is 0 Å². The van der Waals surface area contributed by atoms with Crippen molar-refractivity contribution in [2.75, 3.05) is 14.1 Å². The van der Waals surface area contributed by atoms with Gasteiger partial charge in [0, 0.05) is 30.2 Å². The average Bonchev–Trinajstić information content (AvgIpc) is 3.60. The van der Waals surface area contributed by atoms with E-state index in [4.69, 9.17) is 18.9 Å². The van der Waals surface area contributed by atoms with Gasteiger partial charge in [-0.2, -0.15) is 0 Å². The lowest BCUT2D eigenvalue weighted by atomic mass is 9.79. The number of aliphatic hydroxyl groups is 2. The molecule has 3 rings (SSSR count). The summed E-state index contributed by atoms with van der Waals surface area (Å²) in [6.07, 6.45) is 0.627. The second kappa shape index (κ2) is 14.2. The van der Waals surface area contributed by atoms with Crippen LogP contribution in [-0.4, -0.2) is 102 Å². The number of carbonyl (C=O) groups excluding carboxylic acids is 3. The van der Waals surface area contributed by atoms with Gasteiger partial charge in [0.25, 0.3) is 0 Å². The first-order valence-electron chi connectivity index (χ1n) is 15.1. The molecule has 41 heavy (non-hydrogen) atoms. The lowest BCUT2D eigenvalue weighted by Gasteiger charge is -2.44. The summed E-state index contributed by atoms with van der Waals surface area (Å²) < 4.78 is 24.2. The molecule has 0 bridgehead atoms. The van der Waals surface area contributed by atoms with Crippen molar-refractivity contribution in [2.45, 2.75) is 128 Å². The number of ether oxygens (including phenoxy) is 4. The molecule has 0 amide bonds. The number of cyclic esters (lactones) is 1. The van der Waals surface area contributed by atoms with Crippen molar-refractivity contribution in [3.05, 3.63) is 12.2 Å². The maximum Gasteiger partial charge on any atom is 0.308 e. The molecule has 0 unspecified atom stereocenters. The average molecular weight is 582 g/mol. The zero-order valence-corrected chi connectivity index (χ0v) is 25.9. The van der Waals surface area contributed by atoms with Gasteiger partial charge in [0.05, 0.1) is 30.8 Å². The number of ketones is 1. The Morgan fingerprint density at radius 3 is 2.41 bits per heavy atom. The topological polar surface area (TPSA) is 135 Å². The summed E-state index contributed by atoms with van der Waals surface area (Å²) in [4.78, 5) is 40.0. The molecule has 0 aliphatic carbocycles. The van der Waals surface area contributed by atoms with Crippen LogP contribution in [-0.2, 0) is 33.3 Å². The number of carbonyl (C=O) groups is 3. The van der Waals surface area contributed by atoms with Crippen molar-refractivity contribution in [1.82, 2.24) is 4.90 Å². The number of allylic oxidation sites excluding steroid dienone is 1. The van der Waals surface area contributed by atoms with Crippen LogP contribution in [0.5, 0.6) is 0 Å². The molecule has 0 saturated carbocycles. The van der Waals surface area contributed by atoms with E-state index < -0.39 is 60.0 Å². The minimum absolute atomic E-state index is 0.0707. The van der Waals surface area contributed by atoms with Crippen LogP contribution in [0.3, 0.4) is 0 Å². The molecular weight excluding hydrogens is 530 g/mol. The Morgan fingerprint density at radius 2 is 1.80 bits per heavy atom. The Bertz CT molecular complexity index is 941. The monoisotopic (exact) mass is 581 g/mol. The van der Waals surface area contributed by atoms with E-state index in [0.29, 0.717) is 19.3 Å².